The molecule has 1 aliphatic heterocycles. The van der Waals surface area contributed by atoms with Crippen LogP contribution in [-0.4, -0.2) is 36.2 Å². The number of hydrogen-bond donors (Lipinski definition) is 1. The van der Waals surface area contributed by atoms with Crippen LogP contribution in [0.4, 0.5) is 5.69 Å². The highest BCUT2D eigenvalue weighted by molar-refractivity contribution is 6.00. The van der Waals surface area contributed by atoms with E-state index in [0.717, 1.165) is 16.9 Å². The number of nitrogens with one attached hydrogen (secondary N) is 1. The number of ether oxygens (including phenoxy) is 3. The van der Waals surface area contributed by atoms with Gasteiger partial charge in [0.25, 0.3) is 0 Å². The number of anilines is 1. The second-order valence-corrected chi connectivity index (χ2v) is 8.64. The minimum atomic E-state index is -1.10. The van der Waals surface area contributed by atoms with Crippen LogP contribution in [0, 0.1) is 0 Å². The molecular formula is C28H30N2O5. The minimum Gasteiger partial charge on any atom is -0.497 e. The Hall–Kier alpha value is -4.00. The molecule has 0 aliphatic carbocycles. The van der Waals surface area contributed by atoms with Gasteiger partial charge in [0.1, 0.15) is 11.3 Å². The lowest BCUT2D eigenvalue weighted by molar-refractivity contribution is -0.145. The Morgan fingerprint density at radius 3 is 2.37 bits per heavy atom. The molecule has 7 nitrogen and oxygen atoms in total. The second kappa shape index (κ2) is 10.5. The third-order valence-corrected chi connectivity index (χ3v) is 6.40. The Kier molecular flexibility index (Phi) is 7.25. The van der Waals surface area contributed by atoms with Crippen LogP contribution in [0.2, 0.25) is 0 Å². The molecule has 1 aliphatic rings. The van der Waals surface area contributed by atoms with Crippen molar-refractivity contribution in [2.75, 3.05) is 19.2 Å². The number of amides is 2. The molecule has 0 fully saturated rings. The molecule has 2 amide bonds. The van der Waals surface area contributed by atoms with Gasteiger partial charge >= 0.3 is 0 Å². The molecule has 0 radical (unpaired) electrons. The quantitative estimate of drug-likeness (QED) is 0.482. The lowest BCUT2D eigenvalue weighted by Gasteiger charge is -2.40. The molecule has 0 spiro atoms. The predicted octanol–water partition coefficient (Wildman–Crippen LogP) is 4.80. The molecule has 3 aromatic rings. The summed E-state index contributed by atoms with van der Waals surface area (Å²) in [7, 11) is 1.61. The molecule has 0 bridgehead atoms. The van der Waals surface area contributed by atoms with Crippen LogP contribution in [0.15, 0.2) is 72.8 Å². The monoisotopic (exact) mass is 474 g/mol. The van der Waals surface area contributed by atoms with Crippen molar-refractivity contribution < 1.29 is 23.8 Å². The van der Waals surface area contributed by atoms with E-state index in [0.29, 0.717) is 23.6 Å². The highest BCUT2D eigenvalue weighted by Gasteiger charge is 2.40. The first-order valence-corrected chi connectivity index (χ1v) is 11.6. The van der Waals surface area contributed by atoms with Gasteiger partial charge in [-0.15, -0.1) is 0 Å². The first-order chi connectivity index (χ1) is 16.9. The number of carbonyl (C=O) groups excluding carboxylic acids is 2. The first kappa shape index (κ1) is 24.1. The molecule has 182 valence electrons. The molecule has 0 aromatic heterocycles. The summed E-state index contributed by atoms with van der Waals surface area (Å²) in [4.78, 5) is 29.0. The van der Waals surface area contributed by atoms with E-state index in [4.69, 9.17) is 14.2 Å². The smallest absolute Gasteiger partial charge is 0.250 e. The predicted molar refractivity (Wildman–Crippen MR) is 134 cm³/mol. The maximum atomic E-state index is 13.7. The van der Waals surface area contributed by atoms with Crippen molar-refractivity contribution in [1.82, 2.24) is 4.90 Å². The van der Waals surface area contributed by atoms with E-state index >= 15 is 0 Å². The summed E-state index contributed by atoms with van der Waals surface area (Å²) in [6, 6.07) is 22.3. The Balaban J connectivity index is 1.62. The van der Waals surface area contributed by atoms with Gasteiger partial charge in [0.05, 0.1) is 13.5 Å². The Bertz CT molecular complexity index is 1180. The molecule has 1 unspecified atom stereocenters. The van der Waals surface area contributed by atoms with Crippen molar-refractivity contribution >= 4 is 17.5 Å². The Morgan fingerprint density at radius 2 is 1.69 bits per heavy atom. The number of rotatable bonds is 9. The molecular weight excluding hydrogens is 444 g/mol. The van der Waals surface area contributed by atoms with Gasteiger partial charge in [-0.25, -0.2) is 0 Å². The van der Waals surface area contributed by atoms with Gasteiger partial charge in [0.15, 0.2) is 11.5 Å². The average Bonchev–Trinajstić information content (AvgIpc) is 3.35. The zero-order chi connectivity index (χ0) is 24.8. The molecule has 35 heavy (non-hydrogen) atoms. The summed E-state index contributed by atoms with van der Waals surface area (Å²) >= 11 is 0. The van der Waals surface area contributed by atoms with Gasteiger partial charge < -0.3 is 24.4 Å². The highest BCUT2D eigenvalue weighted by Crippen LogP contribution is 2.35. The third-order valence-electron chi connectivity index (χ3n) is 6.40. The van der Waals surface area contributed by atoms with E-state index in [1.807, 2.05) is 68.4 Å². The highest BCUT2D eigenvalue weighted by atomic mass is 16.7. The SMILES string of the molecule is CCC(C)(C(=O)Nc1ccc2c(c1)OCO2)N(Cc1ccc(OC)cc1)C(=O)Cc1ccccc1. The molecule has 4 rings (SSSR count). The summed E-state index contributed by atoms with van der Waals surface area (Å²) in [5, 5.41) is 2.98. The first-order valence-electron chi connectivity index (χ1n) is 11.6. The molecule has 1 heterocycles. The van der Waals surface area contributed by atoms with E-state index in [-0.39, 0.29) is 31.6 Å². The number of benzene rings is 3. The minimum absolute atomic E-state index is 0.128. The normalized spacial score (nSPS) is 13.6. The fourth-order valence-electron chi connectivity index (χ4n) is 4.03. The number of carbonyl (C=O) groups is 2. The summed E-state index contributed by atoms with van der Waals surface area (Å²) < 4.78 is 16.1. The van der Waals surface area contributed by atoms with Crippen molar-refractivity contribution in [3.63, 3.8) is 0 Å². The van der Waals surface area contributed by atoms with Gasteiger partial charge in [0.2, 0.25) is 18.6 Å². The van der Waals surface area contributed by atoms with Crippen LogP contribution in [0.1, 0.15) is 31.4 Å². The molecule has 3 aromatic carbocycles. The van der Waals surface area contributed by atoms with E-state index < -0.39 is 5.54 Å². The lowest BCUT2D eigenvalue weighted by atomic mass is 9.92. The van der Waals surface area contributed by atoms with E-state index in [9.17, 15) is 9.59 Å². The van der Waals surface area contributed by atoms with Crippen LogP contribution in [0.25, 0.3) is 0 Å². The van der Waals surface area contributed by atoms with Crippen molar-refractivity contribution in [3.05, 3.63) is 83.9 Å². The Labute approximate surface area is 205 Å². The van der Waals surface area contributed by atoms with Crippen LogP contribution in [0.3, 0.4) is 0 Å². The molecule has 1 atom stereocenters. The Morgan fingerprint density at radius 1 is 0.971 bits per heavy atom. The molecule has 7 heteroatoms. The van der Waals surface area contributed by atoms with E-state index in [2.05, 4.69) is 5.32 Å². The average molecular weight is 475 g/mol. The maximum absolute atomic E-state index is 13.7. The second-order valence-electron chi connectivity index (χ2n) is 8.64. The number of fused-ring (bicyclic) bond motifs is 1. The lowest BCUT2D eigenvalue weighted by Crippen LogP contribution is -2.56. The summed E-state index contributed by atoms with van der Waals surface area (Å²) in [5.41, 5.74) is 1.29. The van der Waals surface area contributed by atoms with Gasteiger partial charge in [-0.1, -0.05) is 49.4 Å². The van der Waals surface area contributed by atoms with Crippen molar-refractivity contribution in [2.24, 2.45) is 0 Å². The van der Waals surface area contributed by atoms with Crippen LogP contribution < -0.4 is 19.5 Å². The number of methoxy groups -OCH3 is 1. The third kappa shape index (κ3) is 5.40. The van der Waals surface area contributed by atoms with E-state index in [1.165, 1.54) is 0 Å². The van der Waals surface area contributed by atoms with Crippen LogP contribution >= 0.6 is 0 Å². The summed E-state index contributed by atoms with van der Waals surface area (Å²) in [6.45, 7) is 4.16. The zero-order valence-corrected chi connectivity index (χ0v) is 20.2. The van der Waals surface area contributed by atoms with Crippen LogP contribution in [-0.2, 0) is 22.6 Å². The summed E-state index contributed by atoms with van der Waals surface area (Å²) in [5.74, 6) is 1.55. The number of nitrogens with zero attached hydrogens (tertiary/aromatic N) is 1. The van der Waals surface area contributed by atoms with Gasteiger partial charge in [0, 0.05) is 18.3 Å². The molecule has 0 saturated carbocycles. The van der Waals surface area contributed by atoms with Gasteiger partial charge in [-0.2, -0.15) is 0 Å². The molecule has 1 N–H and O–H groups in total. The standard InChI is InChI=1S/C28H30N2O5/c1-4-28(2,27(32)29-22-12-15-24-25(17-22)35-19-34-24)30(18-21-10-13-23(33-3)14-11-21)26(31)16-20-8-6-5-7-9-20/h5-15,17H,4,16,18-19H2,1-3H3,(H,29,32). The molecule has 0 saturated heterocycles. The van der Waals surface area contributed by atoms with E-state index in [1.54, 1.807) is 30.2 Å². The zero-order valence-electron chi connectivity index (χ0n) is 20.2. The van der Waals surface area contributed by atoms with Crippen molar-refractivity contribution in [3.8, 4) is 17.2 Å². The summed E-state index contributed by atoms with van der Waals surface area (Å²) in [6.07, 6.45) is 0.629. The van der Waals surface area contributed by atoms with Crippen LogP contribution in [0.5, 0.6) is 17.2 Å². The largest absolute Gasteiger partial charge is 0.497 e. The number of hydrogen-bond acceptors (Lipinski definition) is 5. The maximum Gasteiger partial charge on any atom is 0.250 e. The fraction of sp³-hybridized carbons (Fsp3) is 0.286. The van der Waals surface area contributed by atoms with Gasteiger partial charge in [-0.3, -0.25) is 9.59 Å². The topological polar surface area (TPSA) is 77.1 Å². The van der Waals surface area contributed by atoms with Crippen molar-refractivity contribution in [2.45, 2.75) is 38.8 Å². The van der Waals surface area contributed by atoms with Gasteiger partial charge in [-0.05, 0) is 48.7 Å². The van der Waals surface area contributed by atoms with Crippen molar-refractivity contribution in [1.29, 1.82) is 0 Å². The fourth-order valence-corrected chi connectivity index (χ4v) is 4.03.